The second-order valence-corrected chi connectivity index (χ2v) is 4.38. The topological polar surface area (TPSA) is 29.3 Å². The lowest BCUT2D eigenvalue weighted by Gasteiger charge is -2.37. The average Bonchev–Trinajstić information content (AvgIpc) is 2.03. The van der Waals surface area contributed by atoms with Crippen LogP contribution in [-0.4, -0.2) is 30.1 Å². The molecule has 1 unspecified atom stereocenters. The average molecular weight is 170 g/mol. The zero-order valence-electron chi connectivity index (χ0n) is 8.59. The van der Waals surface area contributed by atoms with Crippen molar-refractivity contribution in [2.75, 3.05) is 13.1 Å². The Kier molecular flexibility index (Phi) is 3.53. The molecule has 2 nitrogen and oxygen atoms in total. The lowest BCUT2D eigenvalue weighted by atomic mass is 9.99. The van der Waals surface area contributed by atoms with E-state index in [1.165, 1.54) is 19.4 Å². The van der Waals surface area contributed by atoms with E-state index in [0.29, 0.717) is 12.1 Å². The number of nitrogens with two attached hydrogens (primary N) is 1. The minimum atomic E-state index is 0.417. The second-order valence-electron chi connectivity index (χ2n) is 4.38. The Morgan fingerprint density at radius 1 is 1.33 bits per heavy atom. The first-order valence-electron chi connectivity index (χ1n) is 5.11. The summed E-state index contributed by atoms with van der Waals surface area (Å²) < 4.78 is 0. The molecule has 2 atom stereocenters. The first kappa shape index (κ1) is 10.0. The first-order valence-corrected chi connectivity index (χ1v) is 5.11. The third kappa shape index (κ3) is 2.46. The van der Waals surface area contributed by atoms with E-state index >= 15 is 0 Å². The smallest absolute Gasteiger partial charge is 0.0168 e. The molecule has 1 heterocycles. The molecule has 1 saturated heterocycles. The summed E-state index contributed by atoms with van der Waals surface area (Å²) in [5, 5.41) is 0. The number of hydrogen-bond acceptors (Lipinski definition) is 2. The van der Waals surface area contributed by atoms with Crippen molar-refractivity contribution in [2.45, 2.75) is 45.7 Å². The maximum Gasteiger partial charge on any atom is 0.0168 e. The fraction of sp³-hybridized carbons (Fsp3) is 1.00. The van der Waals surface area contributed by atoms with Crippen LogP contribution in [0.4, 0.5) is 0 Å². The molecule has 0 radical (unpaired) electrons. The maximum absolute atomic E-state index is 5.92. The van der Waals surface area contributed by atoms with E-state index in [4.69, 9.17) is 5.73 Å². The normalized spacial score (nSPS) is 29.2. The molecular formula is C10H22N2. The predicted octanol–water partition coefficient (Wildman–Crippen LogP) is 1.45. The van der Waals surface area contributed by atoms with Crippen LogP contribution in [0.5, 0.6) is 0 Å². The Bertz CT molecular complexity index is 134. The predicted molar refractivity (Wildman–Crippen MR) is 53.1 cm³/mol. The van der Waals surface area contributed by atoms with Gasteiger partial charge >= 0.3 is 0 Å². The van der Waals surface area contributed by atoms with Gasteiger partial charge in [-0.25, -0.2) is 0 Å². The molecule has 0 aromatic heterocycles. The number of likely N-dealkylation sites (tertiary alicyclic amines) is 1. The van der Waals surface area contributed by atoms with E-state index in [1.54, 1.807) is 0 Å². The summed E-state index contributed by atoms with van der Waals surface area (Å²) >= 11 is 0. The molecule has 0 saturated carbocycles. The summed E-state index contributed by atoms with van der Waals surface area (Å²) in [6, 6.07) is 1.11. The van der Waals surface area contributed by atoms with Gasteiger partial charge in [0.15, 0.2) is 0 Å². The molecule has 2 heteroatoms. The van der Waals surface area contributed by atoms with Gasteiger partial charge in [-0.15, -0.1) is 0 Å². The van der Waals surface area contributed by atoms with Crippen molar-refractivity contribution in [3.05, 3.63) is 0 Å². The lowest BCUT2D eigenvalue weighted by molar-refractivity contribution is 0.129. The summed E-state index contributed by atoms with van der Waals surface area (Å²) in [6.45, 7) is 9.21. The minimum absolute atomic E-state index is 0.417. The molecule has 0 aromatic carbocycles. The number of rotatable bonds is 2. The van der Waals surface area contributed by atoms with Crippen LogP contribution in [0.1, 0.15) is 33.6 Å². The first-order chi connectivity index (χ1) is 5.61. The molecule has 72 valence electrons. The molecular weight excluding hydrogens is 148 g/mol. The fourth-order valence-electron chi connectivity index (χ4n) is 1.83. The molecule has 12 heavy (non-hydrogen) atoms. The molecule has 0 aromatic rings. The Morgan fingerprint density at radius 3 is 2.50 bits per heavy atom. The third-order valence-electron chi connectivity index (χ3n) is 3.03. The molecule has 2 N–H and O–H groups in total. The van der Waals surface area contributed by atoms with E-state index in [9.17, 15) is 0 Å². The summed E-state index contributed by atoms with van der Waals surface area (Å²) in [5.41, 5.74) is 5.92. The summed E-state index contributed by atoms with van der Waals surface area (Å²) in [4.78, 5) is 2.53. The van der Waals surface area contributed by atoms with Gasteiger partial charge < -0.3 is 5.73 Å². The van der Waals surface area contributed by atoms with Crippen molar-refractivity contribution in [1.82, 2.24) is 4.90 Å². The van der Waals surface area contributed by atoms with Crippen molar-refractivity contribution in [3.8, 4) is 0 Å². The highest BCUT2D eigenvalue weighted by atomic mass is 15.2. The van der Waals surface area contributed by atoms with Crippen LogP contribution in [0, 0.1) is 5.92 Å². The van der Waals surface area contributed by atoms with Crippen molar-refractivity contribution in [1.29, 1.82) is 0 Å². The van der Waals surface area contributed by atoms with Gasteiger partial charge in [-0.1, -0.05) is 13.8 Å². The van der Waals surface area contributed by atoms with Gasteiger partial charge in [0, 0.05) is 18.6 Å². The van der Waals surface area contributed by atoms with E-state index in [1.807, 2.05) is 0 Å². The van der Waals surface area contributed by atoms with Gasteiger partial charge in [-0.2, -0.15) is 0 Å². The summed E-state index contributed by atoms with van der Waals surface area (Å²) in [6.07, 6.45) is 2.49. The van der Waals surface area contributed by atoms with Gasteiger partial charge in [-0.05, 0) is 32.2 Å². The van der Waals surface area contributed by atoms with E-state index in [2.05, 4.69) is 25.7 Å². The van der Waals surface area contributed by atoms with Crippen LogP contribution in [0.25, 0.3) is 0 Å². The van der Waals surface area contributed by atoms with Gasteiger partial charge in [0.05, 0.1) is 0 Å². The van der Waals surface area contributed by atoms with Crippen LogP contribution in [0.2, 0.25) is 0 Å². The second kappa shape index (κ2) is 4.24. The zero-order valence-corrected chi connectivity index (χ0v) is 8.59. The van der Waals surface area contributed by atoms with E-state index in [-0.39, 0.29) is 0 Å². The Hall–Kier alpha value is -0.0800. The van der Waals surface area contributed by atoms with Crippen molar-refractivity contribution in [2.24, 2.45) is 11.7 Å². The van der Waals surface area contributed by atoms with Crippen LogP contribution >= 0.6 is 0 Å². The molecule has 0 amide bonds. The standard InChI is InChI=1S/C10H22N2/c1-8(2)9(3)12-6-4-5-10(11)7-12/h8-10H,4-7,11H2,1-3H3/t9?,10-/m1/s1. The van der Waals surface area contributed by atoms with Crippen molar-refractivity contribution < 1.29 is 0 Å². The molecule has 1 aliphatic rings. The highest BCUT2D eigenvalue weighted by Gasteiger charge is 2.22. The Labute approximate surface area is 76.1 Å². The minimum Gasteiger partial charge on any atom is -0.327 e. The van der Waals surface area contributed by atoms with Gasteiger partial charge in [0.25, 0.3) is 0 Å². The summed E-state index contributed by atoms with van der Waals surface area (Å²) in [7, 11) is 0. The number of piperidine rings is 1. The van der Waals surface area contributed by atoms with Gasteiger partial charge in [0.2, 0.25) is 0 Å². The van der Waals surface area contributed by atoms with Crippen LogP contribution in [0.3, 0.4) is 0 Å². The summed E-state index contributed by atoms with van der Waals surface area (Å²) in [5.74, 6) is 0.746. The highest BCUT2D eigenvalue weighted by Crippen LogP contribution is 2.16. The molecule has 0 bridgehead atoms. The quantitative estimate of drug-likeness (QED) is 0.679. The maximum atomic E-state index is 5.92. The fourth-order valence-corrected chi connectivity index (χ4v) is 1.83. The van der Waals surface area contributed by atoms with Crippen LogP contribution in [-0.2, 0) is 0 Å². The molecule has 0 aliphatic carbocycles. The highest BCUT2D eigenvalue weighted by molar-refractivity contribution is 4.79. The zero-order chi connectivity index (χ0) is 9.14. The lowest BCUT2D eigenvalue weighted by Crippen LogP contribution is -2.48. The molecule has 1 rings (SSSR count). The van der Waals surface area contributed by atoms with Gasteiger partial charge in [0.1, 0.15) is 0 Å². The van der Waals surface area contributed by atoms with E-state index < -0.39 is 0 Å². The number of nitrogens with zero attached hydrogens (tertiary/aromatic N) is 1. The molecule has 1 aliphatic heterocycles. The van der Waals surface area contributed by atoms with E-state index in [0.717, 1.165) is 12.5 Å². The van der Waals surface area contributed by atoms with Crippen LogP contribution < -0.4 is 5.73 Å². The van der Waals surface area contributed by atoms with Gasteiger partial charge in [-0.3, -0.25) is 4.90 Å². The largest absolute Gasteiger partial charge is 0.327 e. The monoisotopic (exact) mass is 170 g/mol. The molecule has 0 spiro atoms. The number of hydrogen-bond donors (Lipinski definition) is 1. The third-order valence-corrected chi connectivity index (χ3v) is 3.03. The van der Waals surface area contributed by atoms with Crippen LogP contribution in [0.15, 0.2) is 0 Å². The van der Waals surface area contributed by atoms with Crippen molar-refractivity contribution in [3.63, 3.8) is 0 Å². The Balaban J connectivity index is 2.40. The molecule has 1 fully saturated rings. The Morgan fingerprint density at radius 2 is 2.00 bits per heavy atom. The van der Waals surface area contributed by atoms with Crippen molar-refractivity contribution >= 4 is 0 Å². The SMILES string of the molecule is CC(C)C(C)N1CCC[C@@H](N)C1.